The molecule has 5 heteroatoms. The smallest absolute Gasteiger partial charge is 0.246 e. The highest BCUT2D eigenvalue weighted by molar-refractivity contribution is 5.97. The van der Waals surface area contributed by atoms with Crippen LogP contribution in [0.1, 0.15) is 39.2 Å². The molecule has 132 valence electrons. The van der Waals surface area contributed by atoms with Crippen molar-refractivity contribution in [1.29, 1.82) is 0 Å². The predicted octanol–water partition coefficient (Wildman–Crippen LogP) is 2.35. The number of amides is 2. The standard InChI is InChI=1S/C19H28N2O3/c1-4-8-16-18(22)20-17(14(2)3)19(23)21(16)11-12-24-13-15-9-6-5-7-10-15/h5-7,9-10,14,16-17H,4,8,11-13H2,1-3H3,(H,20,22). The summed E-state index contributed by atoms with van der Waals surface area (Å²) in [6, 6.07) is 9.12. The first kappa shape index (κ1) is 18.5. The van der Waals surface area contributed by atoms with E-state index in [1.54, 1.807) is 4.90 Å². The summed E-state index contributed by atoms with van der Waals surface area (Å²) in [6.07, 6.45) is 1.54. The van der Waals surface area contributed by atoms with Crippen molar-refractivity contribution in [3.05, 3.63) is 35.9 Å². The van der Waals surface area contributed by atoms with Gasteiger partial charge in [-0.1, -0.05) is 57.5 Å². The van der Waals surface area contributed by atoms with E-state index in [0.29, 0.717) is 26.2 Å². The van der Waals surface area contributed by atoms with Gasteiger partial charge in [0.1, 0.15) is 12.1 Å². The second-order valence-corrected chi connectivity index (χ2v) is 6.60. The quantitative estimate of drug-likeness (QED) is 0.744. The van der Waals surface area contributed by atoms with Crippen molar-refractivity contribution < 1.29 is 14.3 Å². The van der Waals surface area contributed by atoms with E-state index >= 15 is 0 Å². The van der Waals surface area contributed by atoms with Gasteiger partial charge in [-0.15, -0.1) is 0 Å². The highest BCUT2D eigenvalue weighted by Gasteiger charge is 2.40. The van der Waals surface area contributed by atoms with Crippen LogP contribution in [0, 0.1) is 5.92 Å². The van der Waals surface area contributed by atoms with E-state index in [1.165, 1.54) is 0 Å². The van der Waals surface area contributed by atoms with Crippen molar-refractivity contribution in [2.45, 2.75) is 52.3 Å². The molecule has 2 unspecified atom stereocenters. The average Bonchev–Trinajstić information content (AvgIpc) is 2.57. The molecule has 0 radical (unpaired) electrons. The maximum atomic E-state index is 12.7. The third kappa shape index (κ3) is 4.57. The van der Waals surface area contributed by atoms with Crippen LogP contribution in [-0.4, -0.2) is 41.9 Å². The van der Waals surface area contributed by atoms with Gasteiger partial charge in [-0.2, -0.15) is 0 Å². The molecule has 1 heterocycles. The molecule has 2 rings (SSSR count). The van der Waals surface area contributed by atoms with Crippen LogP contribution < -0.4 is 5.32 Å². The molecular formula is C19H28N2O3. The Hall–Kier alpha value is -1.88. The number of nitrogens with one attached hydrogen (secondary N) is 1. The lowest BCUT2D eigenvalue weighted by Gasteiger charge is -2.40. The van der Waals surface area contributed by atoms with Gasteiger partial charge in [0.25, 0.3) is 0 Å². The first-order valence-electron chi connectivity index (χ1n) is 8.77. The molecule has 0 spiro atoms. The fraction of sp³-hybridized carbons (Fsp3) is 0.579. The molecule has 1 saturated heterocycles. The van der Waals surface area contributed by atoms with Crippen LogP contribution in [0.5, 0.6) is 0 Å². The van der Waals surface area contributed by atoms with Crippen LogP contribution in [0.2, 0.25) is 0 Å². The molecule has 1 aromatic carbocycles. The van der Waals surface area contributed by atoms with E-state index in [0.717, 1.165) is 12.0 Å². The minimum Gasteiger partial charge on any atom is -0.375 e. The molecule has 1 N–H and O–H groups in total. The molecule has 2 atom stereocenters. The van der Waals surface area contributed by atoms with E-state index in [4.69, 9.17) is 4.74 Å². The summed E-state index contributed by atoms with van der Waals surface area (Å²) < 4.78 is 5.70. The van der Waals surface area contributed by atoms with Crippen molar-refractivity contribution in [1.82, 2.24) is 10.2 Å². The third-order valence-corrected chi connectivity index (χ3v) is 4.34. The van der Waals surface area contributed by atoms with Gasteiger partial charge in [0.05, 0.1) is 13.2 Å². The lowest BCUT2D eigenvalue weighted by Crippen LogP contribution is -2.65. The maximum absolute atomic E-state index is 12.7. The van der Waals surface area contributed by atoms with E-state index in [2.05, 4.69) is 5.32 Å². The van der Waals surface area contributed by atoms with E-state index in [-0.39, 0.29) is 23.8 Å². The molecule has 24 heavy (non-hydrogen) atoms. The maximum Gasteiger partial charge on any atom is 0.246 e. The molecule has 2 amide bonds. The fourth-order valence-corrected chi connectivity index (χ4v) is 2.99. The Kier molecular flexibility index (Phi) is 6.79. The van der Waals surface area contributed by atoms with Crippen molar-refractivity contribution in [2.24, 2.45) is 5.92 Å². The first-order valence-corrected chi connectivity index (χ1v) is 8.77. The van der Waals surface area contributed by atoms with Crippen LogP contribution in [0.15, 0.2) is 30.3 Å². The zero-order valence-electron chi connectivity index (χ0n) is 14.8. The van der Waals surface area contributed by atoms with Crippen LogP contribution in [-0.2, 0) is 20.9 Å². The lowest BCUT2D eigenvalue weighted by atomic mass is 9.96. The van der Waals surface area contributed by atoms with Gasteiger partial charge >= 0.3 is 0 Å². The molecule has 0 aliphatic carbocycles. The summed E-state index contributed by atoms with van der Waals surface area (Å²) in [5, 5.41) is 2.88. The summed E-state index contributed by atoms with van der Waals surface area (Å²) in [5.74, 6) is 0.0429. The van der Waals surface area contributed by atoms with Gasteiger partial charge in [-0.3, -0.25) is 9.59 Å². The van der Waals surface area contributed by atoms with Gasteiger partial charge < -0.3 is 15.0 Å². The Balaban J connectivity index is 1.94. The fourth-order valence-electron chi connectivity index (χ4n) is 2.99. The number of rotatable bonds is 8. The molecule has 1 aromatic rings. The molecule has 0 saturated carbocycles. The normalized spacial score (nSPS) is 21.2. The topological polar surface area (TPSA) is 58.6 Å². The van der Waals surface area contributed by atoms with Crippen LogP contribution in [0.3, 0.4) is 0 Å². The zero-order valence-corrected chi connectivity index (χ0v) is 14.8. The molecule has 0 aromatic heterocycles. The number of ether oxygens (including phenoxy) is 1. The molecule has 1 aliphatic heterocycles. The lowest BCUT2D eigenvalue weighted by molar-refractivity contribution is -0.151. The molecule has 0 bridgehead atoms. The molecular weight excluding hydrogens is 304 g/mol. The van der Waals surface area contributed by atoms with Gasteiger partial charge in [-0.05, 0) is 17.9 Å². The van der Waals surface area contributed by atoms with E-state index < -0.39 is 6.04 Å². The van der Waals surface area contributed by atoms with Crippen molar-refractivity contribution in [2.75, 3.05) is 13.2 Å². The van der Waals surface area contributed by atoms with Gasteiger partial charge in [-0.25, -0.2) is 0 Å². The number of benzene rings is 1. The van der Waals surface area contributed by atoms with Crippen molar-refractivity contribution in [3.63, 3.8) is 0 Å². The second-order valence-electron chi connectivity index (χ2n) is 6.60. The summed E-state index contributed by atoms with van der Waals surface area (Å²) >= 11 is 0. The SMILES string of the molecule is CCCC1C(=O)NC(C(C)C)C(=O)N1CCOCc1ccccc1. The number of hydrogen-bond acceptors (Lipinski definition) is 3. The molecule has 1 aliphatic rings. The number of carbonyl (C=O) groups excluding carboxylic acids is 2. The molecule has 5 nitrogen and oxygen atoms in total. The summed E-state index contributed by atoms with van der Waals surface area (Å²) in [7, 11) is 0. The molecule has 1 fully saturated rings. The third-order valence-electron chi connectivity index (χ3n) is 4.34. The number of piperazine rings is 1. The van der Waals surface area contributed by atoms with Crippen LogP contribution in [0.4, 0.5) is 0 Å². The number of carbonyl (C=O) groups is 2. The first-order chi connectivity index (χ1) is 11.5. The minimum absolute atomic E-state index is 0.00589. The Bertz CT molecular complexity index is 545. The summed E-state index contributed by atoms with van der Waals surface area (Å²) in [5.41, 5.74) is 1.10. The summed E-state index contributed by atoms with van der Waals surface area (Å²) in [4.78, 5) is 26.8. The zero-order chi connectivity index (χ0) is 17.5. The highest BCUT2D eigenvalue weighted by Crippen LogP contribution is 2.18. The van der Waals surface area contributed by atoms with Gasteiger partial charge in [0.2, 0.25) is 11.8 Å². The number of hydrogen-bond donors (Lipinski definition) is 1. The predicted molar refractivity (Wildman–Crippen MR) is 93.3 cm³/mol. The van der Waals surface area contributed by atoms with E-state index in [9.17, 15) is 9.59 Å². The number of nitrogens with zero attached hydrogens (tertiary/aromatic N) is 1. The van der Waals surface area contributed by atoms with Crippen molar-refractivity contribution >= 4 is 11.8 Å². The van der Waals surface area contributed by atoms with Crippen molar-refractivity contribution in [3.8, 4) is 0 Å². The Morgan fingerprint density at radius 2 is 1.92 bits per heavy atom. The Morgan fingerprint density at radius 1 is 1.21 bits per heavy atom. The Labute approximate surface area is 144 Å². The monoisotopic (exact) mass is 332 g/mol. The second kappa shape index (κ2) is 8.83. The van der Waals surface area contributed by atoms with E-state index in [1.807, 2.05) is 51.1 Å². The largest absolute Gasteiger partial charge is 0.375 e. The minimum atomic E-state index is -0.431. The Morgan fingerprint density at radius 3 is 2.54 bits per heavy atom. The highest BCUT2D eigenvalue weighted by atomic mass is 16.5. The van der Waals surface area contributed by atoms with Crippen LogP contribution in [0.25, 0.3) is 0 Å². The van der Waals surface area contributed by atoms with Gasteiger partial charge in [0, 0.05) is 6.54 Å². The average molecular weight is 332 g/mol. The summed E-state index contributed by atoms with van der Waals surface area (Å²) in [6.45, 7) is 7.32. The van der Waals surface area contributed by atoms with Crippen LogP contribution >= 0.6 is 0 Å². The van der Waals surface area contributed by atoms with Gasteiger partial charge in [0.15, 0.2) is 0 Å².